The molecular formula is C16H19F3O. The minimum absolute atomic E-state index is 0.307. The smallest absolute Gasteiger partial charge is 0.377 e. The Morgan fingerprint density at radius 3 is 2.65 bits per heavy atom. The van der Waals surface area contributed by atoms with E-state index in [1.807, 2.05) is 13.0 Å². The van der Waals surface area contributed by atoms with Crippen molar-refractivity contribution < 1.29 is 17.9 Å². The summed E-state index contributed by atoms with van der Waals surface area (Å²) >= 11 is 0. The van der Waals surface area contributed by atoms with Crippen molar-refractivity contribution in [2.24, 2.45) is 0 Å². The van der Waals surface area contributed by atoms with Crippen molar-refractivity contribution in [2.45, 2.75) is 38.8 Å². The van der Waals surface area contributed by atoms with E-state index in [4.69, 9.17) is 4.74 Å². The fraction of sp³-hybridized carbons (Fsp3) is 0.500. The Hall–Kier alpha value is -1.29. The number of unbranched alkanes of at least 4 members (excludes halogenated alkanes) is 1. The first kappa shape index (κ1) is 15.1. The lowest BCUT2D eigenvalue weighted by molar-refractivity contribution is -0.137. The summed E-state index contributed by atoms with van der Waals surface area (Å²) < 4.78 is 44.9. The molecule has 1 aromatic rings. The Labute approximate surface area is 117 Å². The molecule has 0 bridgehead atoms. The van der Waals surface area contributed by atoms with Gasteiger partial charge in [0.05, 0.1) is 18.8 Å². The van der Waals surface area contributed by atoms with E-state index in [0.29, 0.717) is 31.6 Å². The summed E-state index contributed by atoms with van der Waals surface area (Å²) in [5.74, 6) is 0. The zero-order valence-corrected chi connectivity index (χ0v) is 11.6. The topological polar surface area (TPSA) is 9.23 Å². The van der Waals surface area contributed by atoms with Gasteiger partial charge in [0.25, 0.3) is 0 Å². The molecule has 0 spiro atoms. The normalized spacial score (nSPS) is 16.1. The number of aryl methyl sites for hydroxylation is 1. The summed E-state index contributed by atoms with van der Waals surface area (Å²) in [6.45, 7) is 2.91. The number of hydrogen-bond donors (Lipinski definition) is 0. The molecule has 0 aromatic heterocycles. The Morgan fingerprint density at radius 1 is 1.25 bits per heavy atom. The molecule has 1 nitrogen and oxygen atoms in total. The summed E-state index contributed by atoms with van der Waals surface area (Å²) in [4.78, 5) is 0. The lowest BCUT2D eigenvalue weighted by Crippen LogP contribution is -2.12. The molecule has 110 valence electrons. The van der Waals surface area contributed by atoms with Gasteiger partial charge in [-0.25, -0.2) is 0 Å². The minimum Gasteiger partial charge on any atom is -0.377 e. The maximum atomic E-state index is 13.2. The van der Waals surface area contributed by atoms with Gasteiger partial charge >= 0.3 is 6.18 Å². The highest BCUT2D eigenvalue weighted by Gasteiger charge is 2.34. The van der Waals surface area contributed by atoms with Crippen molar-refractivity contribution >= 4 is 5.57 Å². The predicted octanol–water partition coefficient (Wildman–Crippen LogP) is 4.85. The first-order valence-corrected chi connectivity index (χ1v) is 6.99. The molecule has 0 radical (unpaired) electrons. The van der Waals surface area contributed by atoms with E-state index in [-0.39, 0.29) is 0 Å². The zero-order valence-electron chi connectivity index (χ0n) is 11.6. The number of alkyl halides is 3. The predicted molar refractivity (Wildman–Crippen MR) is 73.5 cm³/mol. The third-order valence-electron chi connectivity index (χ3n) is 3.52. The Bertz CT molecular complexity index is 489. The van der Waals surface area contributed by atoms with Crippen LogP contribution in [0.3, 0.4) is 0 Å². The summed E-state index contributed by atoms with van der Waals surface area (Å²) in [7, 11) is 0. The number of hydrogen-bond acceptors (Lipinski definition) is 1. The lowest BCUT2D eigenvalue weighted by Gasteiger charge is -2.19. The molecule has 1 heterocycles. The van der Waals surface area contributed by atoms with Crippen molar-refractivity contribution in [3.63, 3.8) is 0 Å². The van der Waals surface area contributed by atoms with Crippen LogP contribution >= 0.6 is 0 Å². The van der Waals surface area contributed by atoms with E-state index in [1.165, 1.54) is 6.07 Å². The average Bonchev–Trinajstić information content (AvgIpc) is 2.45. The first-order valence-electron chi connectivity index (χ1n) is 6.99. The van der Waals surface area contributed by atoms with Crippen LogP contribution in [0.5, 0.6) is 0 Å². The second-order valence-electron chi connectivity index (χ2n) is 5.04. The Morgan fingerprint density at radius 2 is 2.05 bits per heavy atom. The molecule has 0 saturated carbocycles. The first-order chi connectivity index (χ1) is 9.52. The molecule has 0 atom stereocenters. The van der Waals surface area contributed by atoms with Crippen LogP contribution < -0.4 is 0 Å². The summed E-state index contributed by atoms with van der Waals surface area (Å²) in [6, 6.07) is 4.74. The number of halogens is 3. The van der Waals surface area contributed by atoms with Gasteiger partial charge in [-0.05, 0) is 42.0 Å². The van der Waals surface area contributed by atoms with Crippen molar-refractivity contribution in [3.8, 4) is 0 Å². The molecular weight excluding hydrogens is 265 g/mol. The molecule has 0 unspecified atom stereocenters. The summed E-state index contributed by atoms with van der Waals surface area (Å²) in [5, 5.41) is 0. The van der Waals surface area contributed by atoms with Crippen LogP contribution in [0.1, 0.15) is 42.9 Å². The Kier molecular flexibility index (Phi) is 4.86. The lowest BCUT2D eigenvalue weighted by atomic mass is 9.93. The third kappa shape index (κ3) is 3.63. The van der Waals surface area contributed by atoms with E-state index in [1.54, 1.807) is 12.1 Å². The molecule has 0 fully saturated rings. The van der Waals surface area contributed by atoms with Crippen molar-refractivity contribution in [1.82, 2.24) is 0 Å². The summed E-state index contributed by atoms with van der Waals surface area (Å²) in [5.41, 5.74) is 1.29. The largest absolute Gasteiger partial charge is 0.417 e. The maximum Gasteiger partial charge on any atom is 0.417 e. The monoisotopic (exact) mass is 284 g/mol. The molecule has 2 rings (SSSR count). The molecule has 4 heteroatoms. The van der Waals surface area contributed by atoms with E-state index in [2.05, 4.69) is 0 Å². The Balaban J connectivity index is 2.38. The highest BCUT2D eigenvalue weighted by Crippen LogP contribution is 2.37. The third-order valence-corrected chi connectivity index (χ3v) is 3.52. The molecule has 20 heavy (non-hydrogen) atoms. The number of ether oxygens (including phenoxy) is 1. The highest BCUT2D eigenvalue weighted by molar-refractivity contribution is 5.69. The molecule has 0 amide bonds. The fourth-order valence-electron chi connectivity index (χ4n) is 2.41. The van der Waals surface area contributed by atoms with Crippen molar-refractivity contribution in [3.05, 3.63) is 41.0 Å². The van der Waals surface area contributed by atoms with Gasteiger partial charge in [0, 0.05) is 0 Å². The van der Waals surface area contributed by atoms with Crippen LogP contribution in [0.25, 0.3) is 5.57 Å². The fourth-order valence-corrected chi connectivity index (χ4v) is 2.41. The quantitative estimate of drug-likeness (QED) is 0.768. The second-order valence-corrected chi connectivity index (χ2v) is 5.04. The van der Waals surface area contributed by atoms with E-state index < -0.39 is 11.7 Å². The number of benzene rings is 1. The van der Waals surface area contributed by atoms with Crippen LogP contribution in [0.2, 0.25) is 0 Å². The molecule has 0 aliphatic carbocycles. The van der Waals surface area contributed by atoms with E-state index >= 15 is 0 Å². The van der Waals surface area contributed by atoms with Gasteiger partial charge in [0.2, 0.25) is 0 Å². The van der Waals surface area contributed by atoms with Gasteiger partial charge in [-0.1, -0.05) is 31.6 Å². The van der Waals surface area contributed by atoms with Crippen LogP contribution in [0.15, 0.2) is 24.3 Å². The zero-order chi connectivity index (χ0) is 14.6. The minimum atomic E-state index is -4.31. The average molecular weight is 284 g/mol. The van der Waals surface area contributed by atoms with Crippen LogP contribution in [0.4, 0.5) is 13.2 Å². The van der Waals surface area contributed by atoms with Crippen molar-refractivity contribution in [2.75, 3.05) is 13.2 Å². The summed E-state index contributed by atoms with van der Waals surface area (Å²) in [6.07, 6.45) is 0.564. The van der Waals surface area contributed by atoms with Crippen LogP contribution in [-0.2, 0) is 17.3 Å². The van der Waals surface area contributed by atoms with Gasteiger partial charge in [-0.15, -0.1) is 0 Å². The molecule has 0 saturated heterocycles. The standard InChI is InChI=1S/C16H19F3O/c1-2-3-4-12-5-6-14(13-7-9-20-10-8-13)15(11-12)16(17,18)19/h5-7,11H,2-4,8-10H2,1H3. The molecule has 1 aliphatic rings. The van der Waals surface area contributed by atoms with Gasteiger partial charge < -0.3 is 4.74 Å². The second kappa shape index (κ2) is 6.44. The van der Waals surface area contributed by atoms with Gasteiger partial charge in [-0.3, -0.25) is 0 Å². The van der Waals surface area contributed by atoms with E-state index in [9.17, 15) is 13.2 Å². The van der Waals surface area contributed by atoms with Crippen molar-refractivity contribution in [1.29, 1.82) is 0 Å². The van der Waals surface area contributed by atoms with Crippen LogP contribution in [-0.4, -0.2) is 13.2 Å². The molecule has 1 aliphatic heterocycles. The number of rotatable bonds is 4. The van der Waals surface area contributed by atoms with Crippen LogP contribution in [0, 0.1) is 0 Å². The molecule has 1 aromatic carbocycles. The molecule has 0 N–H and O–H groups in total. The van der Waals surface area contributed by atoms with Gasteiger partial charge in [-0.2, -0.15) is 13.2 Å². The van der Waals surface area contributed by atoms with Gasteiger partial charge in [0.1, 0.15) is 0 Å². The maximum absolute atomic E-state index is 13.2. The SMILES string of the molecule is CCCCc1ccc(C2=CCOCC2)c(C(F)(F)F)c1. The van der Waals surface area contributed by atoms with Gasteiger partial charge in [0.15, 0.2) is 0 Å². The highest BCUT2D eigenvalue weighted by atomic mass is 19.4. The van der Waals surface area contributed by atoms with E-state index in [0.717, 1.165) is 24.0 Å².